The molecule has 7 nitrogen and oxygen atoms in total. The number of para-hydroxylation sites is 1. The predicted octanol–water partition coefficient (Wildman–Crippen LogP) is 6.76. The number of halogens is 2. The molecule has 1 amide bonds. The lowest BCUT2D eigenvalue weighted by molar-refractivity contribution is -0.115. The Balaban J connectivity index is 1.61. The molecule has 184 valence electrons. The van der Waals surface area contributed by atoms with Crippen LogP contribution in [0.3, 0.4) is 0 Å². The average molecular weight is 549 g/mol. The fourth-order valence-corrected chi connectivity index (χ4v) is 5.36. The summed E-state index contributed by atoms with van der Waals surface area (Å²) in [5.41, 5.74) is 3.69. The minimum absolute atomic E-state index is 0.157. The number of carbonyl (C=O) groups excluding carboxylic acids is 1. The number of carbonyl (C=O) groups is 2. The van der Waals surface area contributed by atoms with Crippen LogP contribution in [0.2, 0.25) is 10.0 Å². The zero-order valence-electron chi connectivity index (χ0n) is 19.3. The summed E-state index contributed by atoms with van der Waals surface area (Å²) in [4.78, 5) is 38.5. The Labute approximate surface area is 226 Å². The number of aliphatic imine (C=N–C) groups is 1. The van der Waals surface area contributed by atoms with E-state index >= 15 is 0 Å². The summed E-state index contributed by atoms with van der Waals surface area (Å²) in [6.07, 6.45) is 5.43. The van der Waals surface area contributed by atoms with Crippen molar-refractivity contribution in [3.05, 3.63) is 92.7 Å². The second-order valence-corrected chi connectivity index (χ2v) is 9.88. The summed E-state index contributed by atoms with van der Waals surface area (Å²) in [6, 6.07) is 14.1. The minimum Gasteiger partial charge on any atom is -0.478 e. The van der Waals surface area contributed by atoms with Crippen LogP contribution in [-0.4, -0.2) is 32.1 Å². The molecule has 2 aromatic carbocycles. The summed E-state index contributed by atoms with van der Waals surface area (Å²) >= 11 is 13.6. The van der Waals surface area contributed by atoms with Crippen LogP contribution in [0.4, 0.5) is 5.69 Å². The number of carboxylic acid groups (broad SMARTS) is 1. The number of fused-ring (bicyclic) bond motifs is 1. The van der Waals surface area contributed by atoms with Crippen LogP contribution in [0.1, 0.15) is 28.5 Å². The fraction of sp³-hybridized carbons (Fsp3) is 0.0741. The summed E-state index contributed by atoms with van der Waals surface area (Å²) in [7, 11) is 0. The normalized spacial score (nSPS) is 15.5. The first kappa shape index (κ1) is 25.0. The van der Waals surface area contributed by atoms with Crippen LogP contribution in [0.5, 0.6) is 0 Å². The molecule has 0 radical (unpaired) electrons. The third-order valence-corrected chi connectivity index (χ3v) is 7.22. The Morgan fingerprint density at radius 3 is 2.54 bits per heavy atom. The Morgan fingerprint density at radius 1 is 1.14 bits per heavy atom. The van der Waals surface area contributed by atoms with Crippen molar-refractivity contribution in [3.63, 3.8) is 0 Å². The minimum atomic E-state index is -1.05. The molecule has 1 aliphatic heterocycles. The average Bonchev–Trinajstić information content (AvgIpc) is 3.23. The largest absolute Gasteiger partial charge is 0.478 e. The van der Waals surface area contributed by atoms with Gasteiger partial charge in [-0.25, -0.2) is 9.79 Å². The van der Waals surface area contributed by atoms with Crippen molar-refractivity contribution in [2.24, 2.45) is 4.99 Å². The SMILES string of the molecule is CCc1nc2ccc(C=C3SC(=Nc4c(Cl)cccc4Cl)NC3=O)cc2c(-c2ccncc2)c1C(=O)O. The topological polar surface area (TPSA) is 105 Å². The van der Waals surface area contributed by atoms with E-state index in [-0.39, 0.29) is 11.5 Å². The number of carboxylic acids is 1. The maximum absolute atomic E-state index is 12.7. The van der Waals surface area contributed by atoms with Gasteiger partial charge in [-0.3, -0.25) is 14.8 Å². The van der Waals surface area contributed by atoms with Crippen molar-refractivity contribution in [1.29, 1.82) is 0 Å². The molecule has 2 N–H and O–H groups in total. The van der Waals surface area contributed by atoms with E-state index in [1.165, 1.54) is 0 Å². The number of hydrogen-bond donors (Lipinski definition) is 2. The number of nitrogens with one attached hydrogen (secondary N) is 1. The molecule has 0 atom stereocenters. The van der Waals surface area contributed by atoms with Gasteiger partial charge in [0.15, 0.2) is 5.17 Å². The number of thioether (sulfide) groups is 1. The number of rotatable bonds is 5. The van der Waals surface area contributed by atoms with E-state index in [4.69, 9.17) is 23.2 Å². The van der Waals surface area contributed by atoms with E-state index < -0.39 is 5.97 Å². The zero-order valence-corrected chi connectivity index (χ0v) is 21.7. The van der Waals surface area contributed by atoms with Gasteiger partial charge in [-0.1, -0.05) is 42.3 Å². The molecule has 1 saturated heterocycles. The highest BCUT2D eigenvalue weighted by Gasteiger charge is 2.25. The molecule has 0 unspecified atom stereocenters. The highest BCUT2D eigenvalue weighted by Crippen LogP contribution is 2.37. The third-order valence-electron chi connectivity index (χ3n) is 5.70. The zero-order chi connectivity index (χ0) is 26.1. The number of aromatic nitrogens is 2. The first-order valence-corrected chi connectivity index (χ1v) is 12.8. The molecule has 1 aliphatic rings. The molecule has 3 heterocycles. The van der Waals surface area contributed by atoms with Gasteiger partial charge in [-0.05, 0) is 71.8 Å². The van der Waals surface area contributed by atoms with Gasteiger partial charge in [0.05, 0.1) is 31.7 Å². The lowest BCUT2D eigenvalue weighted by atomic mass is 9.93. The van der Waals surface area contributed by atoms with Crippen LogP contribution in [0, 0.1) is 0 Å². The molecule has 37 heavy (non-hydrogen) atoms. The number of amides is 1. The van der Waals surface area contributed by atoms with Crippen molar-refractivity contribution in [3.8, 4) is 11.1 Å². The predicted molar refractivity (Wildman–Crippen MR) is 149 cm³/mol. The Morgan fingerprint density at radius 2 is 1.86 bits per heavy atom. The van der Waals surface area contributed by atoms with Gasteiger partial charge in [0.1, 0.15) is 5.69 Å². The van der Waals surface area contributed by atoms with Gasteiger partial charge in [0.25, 0.3) is 5.91 Å². The number of benzene rings is 2. The summed E-state index contributed by atoms with van der Waals surface area (Å²) in [5.74, 6) is -1.36. The first-order valence-electron chi connectivity index (χ1n) is 11.2. The quantitative estimate of drug-likeness (QED) is 0.267. The van der Waals surface area contributed by atoms with Crippen molar-refractivity contribution in [2.75, 3.05) is 0 Å². The van der Waals surface area contributed by atoms with Gasteiger partial charge >= 0.3 is 5.97 Å². The van der Waals surface area contributed by atoms with Crippen molar-refractivity contribution in [2.45, 2.75) is 13.3 Å². The van der Waals surface area contributed by atoms with Crippen LogP contribution < -0.4 is 5.32 Å². The van der Waals surface area contributed by atoms with E-state index in [2.05, 4.69) is 20.3 Å². The summed E-state index contributed by atoms with van der Waals surface area (Å²) < 4.78 is 0. The summed E-state index contributed by atoms with van der Waals surface area (Å²) in [6.45, 7) is 1.88. The van der Waals surface area contributed by atoms with Gasteiger partial charge in [0, 0.05) is 23.3 Å². The maximum Gasteiger partial charge on any atom is 0.338 e. The Bertz CT molecular complexity index is 1620. The second kappa shape index (κ2) is 10.3. The number of nitrogens with zero attached hydrogens (tertiary/aromatic N) is 3. The fourth-order valence-electron chi connectivity index (χ4n) is 4.06. The van der Waals surface area contributed by atoms with E-state index in [0.29, 0.717) is 60.0 Å². The number of aryl methyl sites for hydroxylation is 1. The van der Waals surface area contributed by atoms with Crippen molar-refractivity contribution < 1.29 is 14.7 Å². The van der Waals surface area contributed by atoms with Gasteiger partial charge in [-0.2, -0.15) is 0 Å². The third kappa shape index (κ3) is 4.96. The van der Waals surface area contributed by atoms with Crippen LogP contribution >= 0.6 is 35.0 Å². The molecule has 1 fully saturated rings. The second-order valence-electron chi connectivity index (χ2n) is 8.03. The monoisotopic (exact) mass is 548 g/mol. The molecule has 2 aromatic heterocycles. The van der Waals surface area contributed by atoms with Crippen LogP contribution in [0.25, 0.3) is 28.1 Å². The lowest BCUT2D eigenvalue weighted by Crippen LogP contribution is -2.19. The molecule has 0 aliphatic carbocycles. The van der Waals surface area contributed by atoms with E-state index in [0.717, 1.165) is 17.3 Å². The van der Waals surface area contributed by atoms with E-state index in [1.807, 2.05) is 25.1 Å². The Kier molecular flexibility index (Phi) is 6.97. The standard InChI is InChI=1S/C27H18Cl2N4O3S/c1-2-19-23(26(35)36)22(15-8-10-30-11-9-15)16-12-14(6-7-20(16)31-19)13-21-25(34)33-27(37-21)32-24-17(28)4-3-5-18(24)29/h3-13H,2H2,1H3,(H,35,36)(H,32,33,34). The first-order chi connectivity index (χ1) is 17.9. The lowest BCUT2D eigenvalue weighted by Gasteiger charge is -2.14. The number of pyridine rings is 2. The van der Waals surface area contributed by atoms with Crippen LogP contribution in [-0.2, 0) is 11.2 Å². The number of aromatic carboxylic acids is 1. The maximum atomic E-state index is 12.7. The molecule has 0 saturated carbocycles. The van der Waals surface area contributed by atoms with Crippen molar-refractivity contribution >= 4 is 74.7 Å². The van der Waals surface area contributed by atoms with Crippen molar-refractivity contribution in [1.82, 2.24) is 15.3 Å². The molecular formula is C27H18Cl2N4O3S. The molecule has 4 aromatic rings. The van der Waals surface area contributed by atoms with Gasteiger partial charge < -0.3 is 10.4 Å². The molecule has 0 spiro atoms. The van der Waals surface area contributed by atoms with E-state index in [1.54, 1.807) is 48.8 Å². The molecule has 10 heteroatoms. The smallest absolute Gasteiger partial charge is 0.338 e. The van der Waals surface area contributed by atoms with E-state index in [9.17, 15) is 14.7 Å². The number of amidine groups is 1. The molecular weight excluding hydrogens is 531 g/mol. The molecule has 5 rings (SSSR count). The highest BCUT2D eigenvalue weighted by molar-refractivity contribution is 8.18. The summed E-state index contributed by atoms with van der Waals surface area (Å²) in [5, 5.41) is 14.6. The highest BCUT2D eigenvalue weighted by atomic mass is 35.5. The van der Waals surface area contributed by atoms with Crippen LogP contribution in [0.15, 0.2) is 70.8 Å². The Hall–Kier alpha value is -3.72. The number of hydrogen-bond acceptors (Lipinski definition) is 6. The molecule has 0 bridgehead atoms. The van der Waals surface area contributed by atoms with Gasteiger partial charge in [0.2, 0.25) is 0 Å². The van der Waals surface area contributed by atoms with Gasteiger partial charge in [-0.15, -0.1) is 0 Å².